The van der Waals surface area contributed by atoms with Crippen molar-refractivity contribution in [3.05, 3.63) is 22.9 Å². The van der Waals surface area contributed by atoms with Crippen molar-refractivity contribution in [1.82, 2.24) is 9.55 Å². The molecule has 2 rings (SSSR count). The van der Waals surface area contributed by atoms with Crippen LogP contribution in [-0.4, -0.2) is 9.55 Å². The Morgan fingerprint density at radius 3 is 3.00 bits per heavy atom. The van der Waals surface area contributed by atoms with Gasteiger partial charge in [-0.2, -0.15) is 0 Å². The van der Waals surface area contributed by atoms with Crippen LogP contribution in [0.3, 0.4) is 0 Å². The Morgan fingerprint density at radius 1 is 1.58 bits per heavy atom. The number of rotatable bonds is 4. The van der Waals surface area contributed by atoms with Crippen LogP contribution in [0.25, 0.3) is 0 Å². The van der Waals surface area contributed by atoms with E-state index in [9.17, 15) is 4.79 Å². The molecule has 3 heteroatoms. The third-order valence-electron chi connectivity index (χ3n) is 2.43. The third kappa shape index (κ3) is 1.78. The Balaban J connectivity index is 1.78. The topological polar surface area (TPSA) is 37.8 Å². The van der Waals surface area contributed by atoms with Crippen LogP contribution in [-0.2, 0) is 6.54 Å². The zero-order valence-corrected chi connectivity index (χ0v) is 7.12. The molecule has 3 nitrogen and oxygen atoms in total. The van der Waals surface area contributed by atoms with Gasteiger partial charge in [-0.05, 0) is 18.8 Å². The summed E-state index contributed by atoms with van der Waals surface area (Å²) >= 11 is 0. The lowest BCUT2D eigenvalue weighted by Gasteiger charge is -1.98. The highest BCUT2D eigenvalue weighted by molar-refractivity contribution is 4.77. The van der Waals surface area contributed by atoms with E-state index in [0.29, 0.717) is 0 Å². The lowest BCUT2D eigenvalue weighted by atomic mass is 10.2. The maximum absolute atomic E-state index is 11.0. The van der Waals surface area contributed by atoms with Gasteiger partial charge in [0.1, 0.15) is 0 Å². The quantitative estimate of drug-likeness (QED) is 0.720. The highest BCUT2D eigenvalue weighted by Crippen LogP contribution is 2.33. The number of nitrogens with one attached hydrogen (secondary N) is 1. The van der Waals surface area contributed by atoms with Crippen molar-refractivity contribution in [3.63, 3.8) is 0 Å². The van der Waals surface area contributed by atoms with Gasteiger partial charge in [0.05, 0.1) is 0 Å². The van der Waals surface area contributed by atoms with Crippen LogP contribution in [0.1, 0.15) is 25.7 Å². The van der Waals surface area contributed by atoms with Crippen molar-refractivity contribution in [2.45, 2.75) is 32.2 Å². The smallest absolute Gasteiger partial charge is 0.313 e. The van der Waals surface area contributed by atoms with Crippen molar-refractivity contribution in [3.8, 4) is 0 Å². The first kappa shape index (κ1) is 7.65. The maximum atomic E-state index is 11.0. The van der Waals surface area contributed by atoms with Crippen molar-refractivity contribution in [2.75, 3.05) is 0 Å². The van der Waals surface area contributed by atoms with Crippen molar-refractivity contribution in [2.24, 2.45) is 5.92 Å². The molecule has 0 aliphatic heterocycles. The predicted molar refractivity (Wildman–Crippen MR) is 47.0 cm³/mol. The molecule has 66 valence electrons. The van der Waals surface area contributed by atoms with Gasteiger partial charge < -0.3 is 4.98 Å². The fourth-order valence-electron chi connectivity index (χ4n) is 1.48. The number of nitrogens with zero attached hydrogens (tertiary/aromatic N) is 1. The lowest BCUT2D eigenvalue weighted by Crippen LogP contribution is -2.16. The second-order valence-electron chi connectivity index (χ2n) is 3.54. The minimum atomic E-state index is 0.0193. The van der Waals surface area contributed by atoms with Gasteiger partial charge in [-0.15, -0.1) is 0 Å². The molecule has 0 atom stereocenters. The molecule has 0 saturated heterocycles. The summed E-state index contributed by atoms with van der Waals surface area (Å²) in [6.45, 7) is 0.874. The molecule has 0 radical (unpaired) electrons. The number of H-pyrrole nitrogens is 1. The summed E-state index contributed by atoms with van der Waals surface area (Å²) in [6.07, 6.45) is 8.75. The van der Waals surface area contributed by atoms with E-state index in [1.54, 1.807) is 10.8 Å². The van der Waals surface area contributed by atoms with E-state index in [4.69, 9.17) is 0 Å². The van der Waals surface area contributed by atoms with Gasteiger partial charge in [-0.25, -0.2) is 4.79 Å². The van der Waals surface area contributed by atoms with Crippen LogP contribution in [0.2, 0.25) is 0 Å². The van der Waals surface area contributed by atoms with E-state index in [0.717, 1.165) is 18.9 Å². The van der Waals surface area contributed by atoms with Gasteiger partial charge in [0, 0.05) is 18.9 Å². The third-order valence-corrected chi connectivity index (χ3v) is 2.43. The summed E-state index contributed by atoms with van der Waals surface area (Å²) in [5.41, 5.74) is 0.0193. The zero-order chi connectivity index (χ0) is 8.39. The molecule has 0 spiro atoms. The second kappa shape index (κ2) is 3.17. The van der Waals surface area contributed by atoms with Crippen LogP contribution in [0.15, 0.2) is 17.2 Å². The monoisotopic (exact) mass is 166 g/mol. The second-order valence-corrected chi connectivity index (χ2v) is 3.54. The summed E-state index contributed by atoms with van der Waals surface area (Å²) in [7, 11) is 0. The van der Waals surface area contributed by atoms with E-state index >= 15 is 0 Å². The van der Waals surface area contributed by atoms with E-state index in [1.165, 1.54) is 19.3 Å². The van der Waals surface area contributed by atoms with E-state index < -0.39 is 0 Å². The van der Waals surface area contributed by atoms with Crippen LogP contribution >= 0.6 is 0 Å². The lowest BCUT2D eigenvalue weighted by molar-refractivity contribution is 0.566. The molecule has 1 aliphatic carbocycles. The first-order chi connectivity index (χ1) is 5.86. The van der Waals surface area contributed by atoms with Crippen LogP contribution in [0, 0.1) is 5.92 Å². The Kier molecular flexibility index (Phi) is 2.02. The minimum Gasteiger partial charge on any atom is -0.313 e. The van der Waals surface area contributed by atoms with Gasteiger partial charge >= 0.3 is 5.69 Å². The van der Waals surface area contributed by atoms with E-state index in [-0.39, 0.29) is 5.69 Å². The number of hydrogen-bond acceptors (Lipinski definition) is 1. The first-order valence-corrected chi connectivity index (χ1v) is 4.60. The summed E-state index contributed by atoms with van der Waals surface area (Å²) < 4.78 is 1.74. The minimum absolute atomic E-state index is 0.0193. The molecule has 0 unspecified atom stereocenters. The molecule has 1 heterocycles. The Bertz CT molecular complexity index is 295. The standard InChI is InChI=1S/C9H14N2O/c12-9-10-5-7-11(9)6-1-2-8-3-4-8/h5,7-8H,1-4,6H2,(H,10,12). The van der Waals surface area contributed by atoms with E-state index in [1.807, 2.05) is 6.20 Å². The number of aryl methyl sites for hydroxylation is 1. The molecular formula is C9H14N2O. The fourth-order valence-corrected chi connectivity index (χ4v) is 1.48. The van der Waals surface area contributed by atoms with E-state index in [2.05, 4.69) is 4.98 Å². The molecule has 0 bridgehead atoms. The fraction of sp³-hybridized carbons (Fsp3) is 0.667. The number of aromatic nitrogens is 2. The molecule has 1 aromatic rings. The van der Waals surface area contributed by atoms with Crippen LogP contribution < -0.4 is 5.69 Å². The van der Waals surface area contributed by atoms with Gasteiger partial charge in [0.15, 0.2) is 0 Å². The summed E-state index contributed by atoms with van der Waals surface area (Å²) in [4.78, 5) is 13.6. The van der Waals surface area contributed by atoms with Gasteiger partial charge in [-0.3, -0.25) is 4.57 Å². The highest BCUT2D eigenvalue weighted by Gasteiger charge is 2.20. The SMILES string of the molecule is O=c1[nH]ccn1CCCC1CC1. The van der Waals surface area contributed by atoms with Gasteiger partial charge in [0.25, 0.3) is 0 Å². The van der Waals surface area contributed by atoms with Crippen LogP contribution in [0.5, 0.6) is 0 Å². The molecule has 1 fully saturated rings. The number of imidazole rings is 1. The van der Waals surface area contributed by atoms with Crippen molar-refractivity contribution in [1.29, 1.82) is 0 Å². The summed E-state index contributed by atoms with van der Waals surface area (Å²) in [5, 5.41) is 0. The van der Waals surface area contributed by atoms with Crippen molar-refractivity contribution < 1.29 is 0 Å². The number of hydrogen-bond donors (Lipinski definition) is 1. The first-order valence-electron chi connectivity index (χ1n) is 4.60. The van der Waals surface area contributed by atoms with Crippen molar-refractivity contribution >= 4 is 0 Å². The molecule has 1 N–H and O–H groups in total. The summed E-state index contributed by atoms with van der Waals surface area (Å²) in [6, 6.07) is 0. The maximum Gasteiger partial charge on any atom is 0.325 e. The molecule has 12 heavy (non-hydrogen) atoms. The molecular weight excluding hydrogens is 152 g/mol. The highest BCUT2D eigenvalue weighted by atomic mass is 16.1. The van der Waals surface area contributed by atoms with Crippen LogP contribution in [0.4, 0.5) is 0 Å². The van der Waals surface area contributed by atoms with Gasteiger partial charge in [-0.1, -0.05) is 12.8 Å². The zero-order valence-electron chi connectivity index (χ0n) is 7.12. The normalized spacial score (nSPS) is 16.7. The Hall–Kier alpha value is -0.990. The average Bonchev–Trinajstić information content (AvgIpc) is 2.78. The molecule has 1 aliphatic rings. The molecule has 1 aromatic heterocycles. The molecule has 1 saturated carbocycles. The average molecular weight is 166 g/mol. The van der Waals surface area contributed by atoms with Gasteiger partial charge in [0.2, 0.25) is 0 Å². The Morgan fingerprint density at radius 2 is 2.42 bits per heavy atom. The number of aromatic amines is 1. The summed E-state index contributed by atoms with van der Waals surface area (Å²) in [5.74, 6) is 0.972. The molecule has 0 aromatic carbocycles. The molecule has 0 amide bonds. The predicted octanol–water partition coefficient (Wildman–Crippen LogP) is 1.37. The Labute approximate surface area is 71.4 Å². The largest absolute Gasteiger partial charge is 0.325 e.